The van der Waals surface area contributed by atoms with Crippen LogP contribution in [0.25, 0.3) is 6.08 Å². The molecule has 1 heterocycles. The summed E-state index contributed by atoms with van der Waals surface area (Å²) in [5.74, 6) is 1.25. The number of fused-ring (bicyclic) bond motifs is 1. The number of ketones is 1. The third-order valence-electron chi connectivity index (χ3n) is 4.11. The van der Waals surface area contributed by atoms with Gasteiger partial charge in [0, 0.05) is 24.3 Å². The summed E-state index contributed by atoms with van der Waals surface area (Å²) < 4.78 is 10.6. The van der Waals surface area contributed by atoms with Crippen LogP contribution in [0.5, 0.6) is 11.5 Å². The van der Waals surface area contributed by atoms with Crippen molar-refractivity contribution in [3.8, 4) is 11.5 Å². The van der Waals surface area contributed by atoms with Crippen molar-refractivity contribution >= 4 is 17.5 Å². The molecule has 3 rings (SSSR count). The second kappa shape index (κ2) is 7.21. The Morgan fingerprint density at radius 1 is 1.04 bits per heavy atom. The lowest BCUT2D eigenvalue weighted by molar-refractivity contribution is 0.104. The van der Waals surface area contributed by atoms with Gasteiger partial charge in [0.15, 0.2) is 17.3 Å². The number of nitrogens with zero attached hydrogens (tertiary/aromatic N) is 1. The van der Waals surface area contributed by atoms with Gasteiger partial charge in [-0.3, -0.25) is 4.79 Å². The first-order valence-corrected chi connectivity index (χ1v) is 8.18. The Labute approximate surface area is 142 Å². The summed E-state index contributed by atoms with van der Waals surface area (Å²) in [5, 5.41) is 0. The molecule has 0 fully saturated rings. The van der Waals surface area contributed by atoms with Crippen molar-refractivity contribution < 1.29 is 14.3 Å². The van der Waals surface area contributed by atoms with E-state index in [-0.39, 0.29) is 12.6 Å². The largest absolute Gasteiger partial charge is 0.454 e. The zero-order valence-corrected chi connectivity index (χ0v) is 14.0. The molecule has 0 N–H and O–H groups in total. The number of rotatable bonds is 6. The summed E-state index contributed by atoms with van der Waals surface area (Å²) >= 11 is 0. The standard InChI is InChI=1S/C20H21NO3/c1-3-21(4-2)17-9-5-15(6-10-17)7-11-18(22)16-8-12-19-20(13-16)24-14-23-19/h5-13H,3-4,14H2,1-2H3/b11-7+. The van der Waals surface area contributed by atoms with E-state index in [0.717, 1.165) is 18.7 Å². The lowest BCUT2D eigenvalue weighted by Gasteiger charge is -2.20. The van der Waals surface area contributed by atoms with Gasteiger partial charge in [-0.25, -0.2) is 0 Å². The molecule has 0 saturated heterocycles. The maximum atomic E-state index is 12.3. The first-order chi connectivity index (χ1) is 11.7. The average molecular weight is 323 g/mol. The molecule has 0 unspecified atom stereocenters. The van der Waals surface area contributed by atoms with Gasteiger partial charge in [-0.15, -0.1) is 0 Å². The fourth-order valence-electron chi connectivity index (χ4n) is 2.70. The second-order valence-corrected chi connectivity index (χ2v) is 5.53. The number of hydrogen-bond donors (Lipinski definition) is 0. The van der Waals surface area contributed by atoms with Crippen molar-refractivity contribution in [3.63, 3.8) is 0 Å². The minimum absolute atomic E-state index is 0.0545. The van der Waals surface area contributed by atoms with Gasteiger partial charge in [-0.05, 0) is 55.8 Å². The van der Waals surface area contributed by atoms with Gasteiger partial charge < -0.3 is 14.4 Å². The molecule has 0 amide bonds. The maximum absolute atomic E-state index is 12.3. The molecule has 4 nitrogen and oxygen atoms in total. The van der Waals surface area contributed by atoms with E-state index in [4.69, 9.17) is 9.47 Å². The molecule has 24 heavy (non-hydrogen) atoms. The van der Waals surface area contributed by atoms with E-state index in [2.05, 4.69) is 30.9 Å². The first kappa shape index (κ1) is 16.1. The summed E-state index contributed by atoms with van der Waals surface area (Å²) in [7, 11) is 0. The molecule has 0 radical (unpaired) electrons. The van der Waals surface area contributed by atoms with Crippen LogP contribution < -0.4 is 14.4 Å². The van der Waals surface area contributed by atoms with Crippen LogP contribution in [0.4, 0.5) is 5.69 Å². The molecule has 4 heteroatoms. The van der Waals surface area contributed by atoms with Gasteiger partial charge >= 0.3 is 0 Å². The predicted octanol–water partition coefficient (Wildman–Crippen LogP) is 4.16. The van der Waals surface area contributed by atoms with E-state index in [1.807, 2.05) is 18.2 Å². The molecule has 0 aliphatic carbocycles. The Morgan fingerprint density at radius 2 is 1.75 bits per heavy atom. The topological polar surface area (TPSA) is 38.8 Å². The number of hydrogen-bond acceptors (Lipinski definition) is 4. The van der Waals surface area contributed by atoms with Crippen LogP contribution in [0.2, 0.25) is 0 Å². The predicted molar refractivity (Wildman–Crippen MR) is 95.9 cm³/mol. The lowest BCUT2D eigenvalue weighted by Crippen LogP contribution is -2.21. The van der Waals surface area contributed by atoms with E-state index in [1.165, 1.54) is 5.69 Å². The Bertz CT molecular complexity index is 746. The number of ether oxygens (including phenoxy) is 2. The molecular weight excluding hydrogens is 302 g/mol. The van der Waals surface area contributed by atoms with Crippen molar-refractivity contribution in [2.24, 2.45) is 0 Å². The molecular formula is C20H21NO3. The van der Waals surface area contributed by atoms with E-state index in [0.29, 0.717) is 17.1 Å². The monoisotopic (exact) mass is 323 g/mol. The molecule has 0 saturated carbocycles. The van der Waals surface area contributed by atoms with Crippen LogP contribution in [0, 0.1) is 0 Å². The number of allylic oxidation sites excluding steroid dienone is 1. The molecule has 2 aromatic rings. The summed E-state index contributed by atoms with van der Waals surface area (Å²) in [6.45, 7) is 6.45. The van der Waals surface area contributed by atoms with Crippen LogP contribution in [0.3, 0.4) is 0 Å². The fourth-order valence-corrected chi connectivity index (χ4v) is 2.70. The Balaban J connectivity index is 1.70. The van der Waals surface area contributed by atoms with E-state index >= 15 is 0 Å². The van der Waals surface area contributed by atoms with Crippen molar-refractivity contribution in [1.82, 2.24) is 0 Å². The molecule has 0 aromatic heterocycles. The van der Waals surface area contributed by atoms with Crippen LogP contribution in [0.1, 0.15) is 29.8 Å². The Morgan fingerprint density at radius 3 is 2.46 bits per heavy atom. The number of anilines is 1. The minimum Gasteiger partial charge on any atom is -0.454 e. The molecule has 1 aliphatic rings. The normalized spacial score (nSPS) is 12.6. The fraction of sp³-hybridized carbons (Fsp3) is 0.250. The quantitative estimate of drug-likeness (QED) is 0.591. The molecule has 0 bridgehead atoms. The van der Waals surface area contributed by atoms with Crippen LogP contribution in [-0.4, -0.2) is 25.7 Å². The van der Waals surface area contributed by atoms with Gasteiger partial charge in [0.2, 0.25) is 6.79 Å². The molecule has 1 aliphatic heterocycles. The lowest BCUT2D eigenvalue weighted by atomic mass is 10.1. The van der Waals surface area contributed by atoms with Crippen molar-refractivity contribution in [2.75, 3.05) is 24.8 Å². The minimum atomic E-state index is -0.0545. The highest BCUT2D eigenvalue weighted by atomic mass is 16.7. The molecule has 2 aromatic carbocycles. The number of carbonyl (C=O) groups excluding carboxylic acids is 1. The third-order valence-corrected chi connectivity index (χ3v) is 4.11. The molecule has 124 valence electrons. The summed E-state index contributed by atoms with van der Waals surface area (Å²) in [6.07, 6.45) is 3.42. The second-order valence-electron chi connectivity index (χ2n) is 5.53. The average Bonchev–Trinajstić information content (AvgIpc) is 3.09. The third kappa shape index (κ3) is 3.43. The first-order valence-electron chi connectivity index (χ1n) is 8.18. The summed E-state index contributed by atoms with van der Waals surface area (Å²) in [6, 6.07) is 13.5. The van der Waals surface area contributed by atoms with Crippen LogP contribution in [-0.2, 0) is 0 Å². The summed E-state index contributed by atoms with van der Waals surface area (Å²) in [5.41, 5.74) is 2.79. The van der Waals surface area contributed by atoms with Gasteiger partial charge in [0.05, 0.1) is 0 Å². The van der Waals surface area contributed by atoms with Gasteiger partial charge in [0.25, 0.3) is 0 Å². The number of benzene rings is 2. The van der Waals surface area contributed by atoms with Crippen molar-refractivity contribution in [1.29, 1.82) is 0 Å². The van der Waals surface area contributed by atoms with E-state index in [1.54, 1.807) is 24.3 Å². The zero-order chi connectivity index (χ0) is 16.9. The highest BCUT2D eigenvalue weighted by Gasteiger charge is 2.15. The van der Waals surface area contributed by atoms with Gasteiger partial charge in [-0.2, -0.15) is 0 Å². The zero-order valence-electron chi connectivity index (χ0n) is 14.0. The SMILES string of the molecule is CCN(CC)c1ccc(/C=C/C(=O)c2ccc3c(c2)OCO3)cc1. The maximum Gasteiger partial charge on any atom is 0.231 e. The number of carbonyl (C=O) groups is 1. The van der Waals surface area contributed by atoms with Gasteiger partial charge in [0.1, 0.15) is 0 Å². The molecule has 0 atom stereocenters. The smallest absolute Gasteiger partial charge is 0.231 e. The van der Waals surface area contributed by atoms with Gasteiger partial charge in [-0.1, -0.05) is 18.2 Å². The molecule has 0 spiro atoms. The van der Waals surface area contributed by atoms with Crippen LogP contribution in [0.15, 0.2) is 48.5 Å². The van der Waals surface area contributed by atoms with E-state index in [9.17, 15) is 4.79 Å². The summed E-state index contributed by atoms with van der Waals surface area (Å²) in [4.78, 5) is 14.6. The van der Waals surface area contributed by atoms with Crippen LogP contribution >= 0.6 is 0 Å². The highest BCUT2D eigenvalue weighted by molar-refractivity contribution is 6.07. The Kier molecular flexibility index (Phi) is 4.85. The van der Waals surface area contributed by atoms with Crippen molar-refractivity contribution in [3.05, 3.63) is 59.7 Å². The van der Waals surface area contributed by atoms with Crippen molar-refractivity contribution in [2.45, 2.75) is 13.8 Å². The Hall–Kier alpha value is -2.75. The van der Waals surface area contributed by atoms with E-state index < -0.39 is 0 Å². The highest BCUT2D eigenvalue weighted by Crippen LogP contribution is 2.32.